The minimum absolute atomic E-state index is 0.626. The van der Waals surface area contributed by atoms with Crippen molar-refractivity contribution in [3.8, 4) is 0 Å². The number of methoxy groups -OCH3 is 1. The van der Waals surface area contributed by atoms with E-state index in [9.17, 15) is 0 Å². The second kappa shape index (κ2) is 9.73. The molecule has 1 heterocycles. The summed E-state index contributed by atoms with van der Waals surface area (Å²) in [7, 11) is 1.67. The van der Waals surface area contributed by atoms with Crippen LogP contribution in [0, 0.1) is 0 Å². The monoisotopic (exact) mass is 294 g/mol. The lowest BCUT2D eigenvalue weighted by Crippen LogP contribution is -2.32. The summed E-state index contributed by atoms with van der Waals surface area (Å²) in [5.74, 6) is 0. The van der Waals surface area contributed by atoms with Gasteiger partial charge in [0.05, 0.1) is 33.0 Å². The summed E-state index contributed by atoms with van der Waals surface area (Å²) in [6.45, 7) is 7.14. The number of para-hydroxylation sites is 1. The molecule has 0 aliphatic carbocycles. The van der Waals surface area contributed by atoms with Gasteiger partial charge in [0.2, 0.25) is 0 Å². The van der Waals surface area contributed by atoms with Crippen molar-refractivity contribution in [3.05, 3.63) is 29.8 Å². The van der Waals surface area contributed by atoms with Gasteiger partial charge in [-0.25, -0.2) is 0 Å². The Kier molecular flexibility index (Phi) is 7.53. The van der Waals surface area contributed by atoms with Gasteiger partial charge in [-0.2, -0.15) is 0 Å². The third-order valence-electron chi connectivity index (χ3n) is 3.52. The number of nitrogens with one attached hydrogen (secondary N) is 1. The maximum absolute atomic E-state index is 5.64. The molecule has 1 aliphatic heterocycles. The molecule has 21 heavy (non-hydrogen) atoms. The second-order valence-corrected chi connectivity index (χ2v) is 5.01. The van der Waals surface area contributed by atoms with Crippen LogP contribution in [0.4, 0.5) is 5.69 Å². The van der Waals surface area contributed by atoms with Crippen LogP contribution in [0.5, 0.6) is 0 Å². The molecule has 0 radical (unpaired) electrons. The predicted molar refractivity (Wildman–Crippen MR) is 83.9 cm³/mol. The van der Waals surface area contributed by atoms with Gasteiger partial charge < -0.3 is 24.4 Å². The molecule has 0 fully saturated rings. The van der Waals surface area contributed by atoms with E-state index in [1.54, 1.807) is 7.11 Å². The van der Waals surface area contributed by atoms with Crippen molar-refractivity contribution in [2.24, 2.45) is 0 Å². The molecule has 0 bridgehead atoms. The van der Waals surface area contributed by atoms with E-state index in [0.29, 0.717) is 26.4 Å². The van der Waals surface area contributed by atoms with Crippen molar-refractivity contribution < 1.29 is 14.2 Å². The van der Waals surface area contributed by atoms with Crippen LogP contribution in [0.3, 0.4) is 0 Å². The van der Waals surface area contributed by atoms with Crippen molar-refractivity contribution in [1.82, 2.24) is 5.32 Å². The van der Waals surface area contributed by atoms with Crippen molar-refractivity contribution >= 4 is 5.69 Å². The molecule has 0 amide bonds. The molecule has 1 aliphatic rings. The second-order valence-electron chi connectivity index (χ2n) is 5.01. The molecule has 2 rings (SSSR count). The quantitative estimate of drug-likeness (QED) is 0.695. The van der Waals surface area contributed by atoms with Gasteiger partial charge in [0.25, 0.3) is 0 Å². The van der Waals surface area contributed by atoms with Gasteiger partial charge in [0.15, 0.2) is 0 Å². The molecule has 0 unspecified atom stereocenters. The van der Waals surface area contributed by atoms with E-state index in [-0.39, 0.29) is 0 Å². The third-order valence-corrected chi connectivity index (χ3v) is 3.52. The molecule has 0 spiro atoms. The standard InChI is InChI=1S/C16H26N2O3/c1-19-10-11-21-13-12-20-9-8-18-7-6-17-14-15-4-2-3-5-16(15)18/h2-5,17H,6-14H2,1H3. The summed E-state index contributed by atoms with van der Waals surface area (Å²) in [6.07, 6.45) is 0. The van der Waals surface area contributed by atoms with Crippen molar-refractivity contribution in [2.75, 3.05) is 64.7 Å². The lowest BCUT2D eigenvalue weighted by molar-refractivity contribution is 0.0265. The predicted octanol–water partition coefficient (Wildman–Crippen LogP) is 1.28. The molecular weight excluding hydrogens is 268 g/mol. The fourth-order valence-electron chi connectivity index (χ4n) is 2.40. The molecular formula is C16H26N2O3. The molecule has 0 atom stereocenters. The number of anilines is 1. The number of hydrogen-bond donors (Lipinski definition) is 1. The Balaban J connectivity index is 1.66. The molecule has 1 aromatic carbocycles. The van der Waals surface area contributed by atoms with E-state index in [1.807, 2.05) is 0 Å². The maximum atomic E-state index is 5.64. The molecule has 5 nitrogen and oxygen atoms in total. The smallest absolute Gasteiger partial charge is 0.0701 e. The van der Waals surface area contributed by atoms with Gasteiger partial charge in [-0.15, -0.1) is 0 Å². The Morgan fingerprint density at radius 2 is 1.81 bits per heavy atom. The summed E-state index contributed by atoms with van der Waals surface area (Å²) in [6, 6.07) is 8.57. The van der Waals surface area contributed by atoms with Crippen LogP contribution in [0.2, 0.25) is 0 Å². The Bertz CT molecular complexity index is 401. The molecule has 0 saturated heterocycles. The molecule has 1 aromatic rings. The number of nitrogens with zero attached hydrogens (tertiary/aromatic N) is 1. The summed E-state index contributed by atoms with van der Waals surface area (Å²) < 4.78 is 15.9. The number of benzene rings is 1. The van der Waals surface area contributed by atoms with Gasteiger partial charge >= 0.3 is 0 Å². The van der Waals surface area contributed by atoms with E-state index < -0.39 is 0 Å². The Morgan fingerprint density at radius 3 is 2.67 bits per heavy atom. The summed E-state index contributed by atoms with van der Waals surface area (Å²) >= 11 is 0. The maximum Gasteiger partial charge on any atom is 0.0701 e. The number of hydrogen-bond acceptors (Lipinski definition) is 5. The minimum atomic E-state index is 0.626. The largest absolute Gasteiger partial charge is 0.382 e. The molecule has 0 saturated carbocycles. The Morgan fingerprint density at radius 1 is 1.05 bits per heavy atom. The highest BCUT2D eigenvalue weighted by Gasteiger charge is 2.13. The number of rotatable bonds is 9. The summed E-state index contributed by atoms with van der Waals surface area (Å²) in [5, 5.41) is 3.45. The molecule has 1 N–H and O–H groups in total. The highest BCUT2D eigenvalue weighted by atomic mass is 16.5. The molecule has 0 aromatic heterocycles. The fourth-order valence-corrected chi connectivity index (χ4v) is 2.40. The first-order valence-electron chi connectivity index (χ1n) is 7.60. The Hall–Kier alpha value is -1.14. The van der Waals surface area contributed by atoms with Crippen molar-refractivity contribution in [2.45, 2.75) is 6.54 Å². The van der Waals surface area contributed by atoms with E-state index in [2.05, 4.69) is 34.5 Å². The van der Waals surface area contributed by atoms with Gasteiger partial charge in [0, 0.05) is 39.0 Å². The van der Waals surface area contributed by atoms with Gasteiger partial charge in [-0.05, 0) is 11.6 Å². The minimum Gasteiger partial charge on any atom is -0.382 e. The number of fused-ring (bicyclic) bond motifs is 1. The fraction of sp³-hybridized carbons (Fsp3) is 0.625. The van der Waals surface area contributed by atoms with Crippen LogP contribution in [0.1, 0.15) is 5.56 Å². The first-order chi connectivity index (χ1) is 10.4. The van der Waals surface area contributed by atoms with E-state index >= 15 is 0 Å². The first kappa shape index (κ1) is 16.2. The first-order valence-corrected chi connectivity index (χ1v) is 7.60. The summed E-state index contributed by atoms with van der Waals surface area (Å²) in [4.78, 5) is 2.39. The van der Waals surface area contributed by atoms with Crippen LogP contribution < -0.4 is 10.2 Å². The lowest BCUT2D eigenvalue weighted by atomic mass is 10.1. The topological polar surface area (TPSA) is 43.0 Å². The van der Waals surface area contributed by atoms with Crippen LogP contribution in [-0.4, -0.2) is 59.8 Å². The van der Waals surface area contributed by atoms with E-state index in [4.69, 9.17) is 14.2 Å². The highest BCUT2D eigenvalue weighted by molar-refractivity contribution is 5.54. The van der Waals surface area contributed by atoms with E-state index in [1.165, 1.54) is 11.3 Å². The highest BCUT2D eigenvalue weighted by Crippen LogP contribution is 2.21. The van der Waals surface area contributed by atoms with E-state index in [0.717, 1.165) is 32.8 Å². The SMILES string of the molecule is COCCOCCOCCN1CCNCc2ccccc21. The van der Waals surface area contributed by atoms with Crippen LogP contribution in [-0.2, 0) is 20.8 Å². The third kappa shape index (κ3) is 5.63. The normalized spacial score (nSPS) is 14.8. The van der Waals surface area contributed by atoms with Crippen LogP contribution >= 0.6 is 0 Å². The number of ether oxygens (including phenoxy) is 3. The zero-order valence-corrected chi connectivity index (χ0v) is 12.8. The zero-order valence-electron chi connectivity index (χ0n) is 12.8. The summed E-state index contributed by atoms with van der Waals surface area (Å²) in [5.41, 5.74) is 2.68. The zero-order chi connectivity index (χ0) is 14.8. The van der Waals surface area contributed by atoms with Crippen LogP contribution in [0.25, 0.3) is 0 Å². The van der Waals surface area contributed by atoms with Gasteiger partial charge in [-0.3, -0.25) is 0 Å². The van der Waals surface area contributed by atoms with Crippen molar-refractivity contribution in [1.29, 1.82) is 0 Å². The lowest BCUT2D eigenvalue weighted by Gasteiger charge is -2.24. The molecule has 5 heteroatoms. The van der Waals surface area contributed by atoms with Gasteiger partial charge in [0.1, 0.15) is 0 Å². The molecule has 118 valence electrons. The Labute approximate surface area is 127 Å². The van der Waals surface area contributed by atoms with Gasteiger partial charge in [-0.1, -0.05) is 18.2 Å². The average molecular weight is 294 g/mol. The average Bonchev–Trinajstić information content (AvgIpc) is 2.72. The van der Waals surface area contributed by atoms with Crippen LogP contribution in [0.15, 0.2) is 24.3 Å². The van der Waals surface area contributed by atoms with Crippen molar-refractivity contribution in [3.63, 3.8) is 0 Å².